The molecule has 1 atom stereocenters. The van der Waals surface area contributed by atoms with E-state index >= 15 is 0 Å². The summed E-state index contributed by atoms with van der Waals surface area (Å²) in [5.74, 6) is 0.775. The fourth-order valence-corrected chi connectivity index (χ4v) is 2.46. The van der Waals surface area contributed by atoms with Crippen molar-refractivity contribution in [3.05, 3.63) is 71.9 Å². The van der Waals surface area contributed by atoms with Crippen molar-refractivity contribution in [1.82, 2.24) is 4.98 Å². The van der Waals surface area contributed by atoms with Crippen LogP contribution in [0.4, 0.5) is 0 Å². The van der Waals surface area contributed by atoms with Gasteiger partial charge in [0.15, 0.2) is 0 Å². The number of hydrogen-bond donors (Lipinski definition) is 1. The molecule has 21 heavy (non-hydrogen) atoms. The molecule has 2 aromatic carbocycles. The molecule has 1 aromatic heterocycles. The van der Waals surface area contributed by atoms with Crippen molar-refractivity contribution in [2.24, 2.45) is 5.73 Å². The highest BCUT2D eigenvalue weighted by atomic mass is 16.5. The normalized spacial score (nSPS) is 12.3. The fraction of sp³-hybridized carbons (Fsp3) is 0.167. The lowest BCUT2D eigenvalue weighted by atomic mass is 10.0. The number of benzene rings is 2. The molecule has 2 N–H and O–H groups in total. The molecule has 0 amide bonds. The van der Waals surface area contributed by atoms with E-state index in [1.807, 2.05) is 48.5 Å². The Morgan fingerprint density at radius 2 is 1.86 bits per heavy atom. The Labute approximate surface area is 124 Å². The number of ether oxygens (including phenoxy) is 1. The molecule has 0 spiro atoms. The first-order chi connectivity index (χ1) is 10.3. The topological polar surface area (TPSA) is 48.1 Å². The summed E-state index contributed by atoms with van der Waals surface area (Å²) >= 11 is 0. The Hall–Kier alpha value is -2.39. The van der Waals surface area contributed by atoms with Crippen molar-refractivity contribution in [2.45, 2.75) is 13.0 Å². The number of nitrogens with two attached hydrogens (primary N) is 1. The third-order valence-electron chi connectivity index (χ3n) is 3.60. The van der Waals surface area contributed by atoms with Crippen LogP contribution < -0.4 is 10.5 Å². The van der Waals surface area contributed by atoms with Crippen molar-refractivity contribution in [2.75, 3.05) is 6.61 Å². The van der Waals surface area contributed by atoms with Crippen LogP contribution in [0.5, 0.6) is 5.75 Å². The van der Waals surface area contributed by atoms with Crippen LogP contribution in [0.2, 0.25) is 0 Å². The third kappa shape index (κ3) is 2.88. The molecule has 3 heteroatoms. The predicted octanol–water partition coefficient (Wildman–Crippen LogP) is 3.62. The van der Waals surface area contributed by atoms with Gasteiger partial charge in [0, 0.05) is 11.6 Å². The minimum atomic E-state index is -0.148. The lowest BCUT2D eigenvalue weighted by Crippen LogP contribution is -2.20. The zero-order chi connectivity index (χ0) is 14.7. The Kier molecular flexibility index (Phi) is 3.84. The van der Waals surface area contributed by atoms with E-state index in [0.717, 1.165) is 22.2 Å². The molecular formula is C18H18N2O. The van der Waals surface area contributed by atoms with Crippen molar-refractivity contribution < 1.29 is 4.74 Å². The van der Waals surface area contributed by atoms with E-state index in [-0.39, 0.29) is 6.04 Å². The highest BCUT2D eigenvalue weighted by molar-refractivity contribution is 5.84. The van der Waals surface area contributed by atoms with E-state index in [2.05, 4.69) is 18.0 Å². The maximum atomic E-state index is 6.24. The maximum absolute atomic E-state index is 6.24. The summed E-state index contributed by atoms with van der Waals surface area (Å²) in [6.07, 6.45) is 1.77. The number of aryl methyl sites for hydroxylation is 1. The number of pyridine rings is 1. The van der Waals surface area contributed by atoms with Crippen LogP contribution in [-0.2, 0) is 0 Å². The van der Waals surface area contributed by atoms with Gasteiger partial charge in [0.25, 0.3) is 0 Å². The Morgan fingerprint density at radius 1 is 1.05 bits per heavy atom. The summed E-state index contributed by atoms with van der Waals surface area (Å²) in [6.45, 7) is 2.50. The van der Waals surface area contributed by atoms with Gasteiger partial charge in [-0.05, 0) is 30.2 Å². The number of aromatic nitrogens is 1. The summed E-state index contributed by atoms with van der Waals surface area (Å²) in [5.41, 5.74) is 9.42. The summed E-state index contributed by atoms with van der Waals surface area (Å²) in [4.78, 5) is 4.38. The third-order valence-corrected chi connectivity index (χ3v) is 3.60. The molecule has 3 aromatic rings. The molecule has 3 rings (SSSR count). The van der Waals surface area contributed by atoms with Gasteiger partial charge in [-0.3, -0.25) is 4.98 Å². The SMILES string of the molecule is Cc1ccccc1C(N)COc1cccc2cccnc12. The van der Waals surface area contributed by atoms with Crippen LogP contribution in [0.3, 0.4) is 0 Å². The van der Waals surface area contributed by atoms with Crippen molar-refractivity contribution in [3.63, 3.8) is 0 Å². The highest BCUT2D eigenvalue weighted by Crippen LogP contribution is 2.24. The van der Waals surface area contributed by atoms with Gasteiger partial charge in [0.2, 0.25) is 0 Å². The Morgan fingerprint density at radius 3 is 2.71 bits per heavy atom. The minimum absolute atomic E-state index is 0.148. The van der Waals surface area contributed by atoms with Gasteiger partial charge in [0.05, 0.1) is 6.04 Å². The molecule has 1 unspecified atom stereocenters. The lowest BCUT2D eigenvalue weighted by molar-refractivity contribution is 0.293. The first kappa shape index (κ1) is 13.6. The quantitative estimate of drug-likeness (QED) is 0.793. The van der Waals surface area contributed by atoms with E-state index in [1.165, 1.54) is 5.56 Å². The second kappa shape index (κ2) is 5.94. The monoisotopic (exact) mass is 278 g/mol. The number of nitrogens with zero attached hydrogens (tertiary/aromatic N) is 1. The predicted molar refractivity (Wildman–Crippen MR) is 85.3 cm³/mol. The van der Waals surface area contributed by atoms with Crippen LogP contribution >= 0.6 is 0 Å². The molecule has 0 aliphatic rings. The number of hydrogen-bond acceptors (Lipinski definition) is 3. The molecule has 0 aliphatic carbocycles. The second-order valence-corrected chi connectivity index (χ2v) is 5.11. The maximum Gasteiger partial charge on any atom is 0.145 e. The van der Waals surface area contributed by atoms with Gasteiger partial charge in [0.1, 0.15) is 17.9 Å². The van der Waals surface area contributed by atoms with Gasteiger partial charge < -0.3 is 10.5 Å². The van der Waals surface area contributed by atoms with Gasteiger partial charge in [-0.2, -0.15) is 0 Å². The second-order valence-electron chi connectivity index (χ2n) is 5.11. The molecule has 1 heterocycles. The van der Waals surface area contributed by atoms with Crippen molar-refractivity contribution in [1.29, 1.82) is 0 Å². The Balaban J connectivity index is 1.79. The van der Waals surface area contributed by atoms with E-state index in [4.69, 9.17) is 10.5 Å². The van der Waals surface area contributed by atoms with Crippen LogP contribution in [0.1, 0.15) is 17.2 Å². The van der Waals surface area contributed by atoms with Crippen molar-refractivity contribution in [3.8, 4) is 5.75 Å². The fourth-order valence-electron chi connectivity index (χ4n) is 2.46. The van der Waals surface area contributed by atoms with E-state index < -0.39 is 0 Å². The zero-order valence-corrected chi connectivity index (χ0v) is 12.0. The van der Waals surface area contributed by atoms with E-state index in [9.17, 15) is 0 Å². The molecule has 0 saturated carbocycles. The molecule has 3 nitrogen and oxygen atoms in total. The molecule has 0 aliphatic heterocycles. The summed E-state index contributed by atoms with van der Waals surface area (Å²) in [6, 6.07) is 17.9. The van der Waals surface area contributed by atoms with Crippen LogP contribution in [-0.4, -0.2) is 11.6 Å². The molecule has 0 bridgehead atoms. The summed E-state index contributed by atoms with van der Waals surface area (Å²) in [7, 11) is 0. The smallest absolute Gasteiger partial charge is 0.145 e. The van der Waals surface area contributed by atoms with Gasteiger partial charge >= 0.3 is 0 Å². The lowest BCUT2D eigenvalue weighted by Gasteiger charge is -2.16. The van der Waals surface area contributed by atoms with Crippen LogP contribution in [0.15, 0.2) is 60.8 Å². The minimum Gasteiger partial charge on any atom is -0.489 e. The average Bonchev–Trinajstić information content (AvgIpc) is 2.53. The molecule has 0 radical (unpaired) electrons. The Bertz CT molecular complexity index is 750. The molecule has 0 saturated heterocycles. The van der Waals surface area contributed by atoms with Crippen LogP contribution in [0.25, 0.3) is 10.9 Å². The standard InChI is InChI=1S/C18H18N2O/c1-13-6-2-3-9-15(13)16(19)12-21-17-10-4-7-14-8-5-11-20-18(14)17/h2-11,16H,12,19H2,1H3. The van der Waals surface area contributed by atoms with Gasteiger partial charge in [-0.1, -0.05) is 42.5 Å². The molecular weight excluding hydrogens is 260 g/mol. The molecule has 106 valence electrons. The number of para-hydroxylation sites is 1. The highest BCUT2D eigenvalue weighted by Gasteiger charge is 2.10. The van der Waals surface area contributed by atoms with Crippen molar-refractivity contribution >= 4 is 10.9 Å². The number of rotatable bonds is 4. The van der Waals surface area contributed by atoms with Gasteiger partial charge in [-0.15, -0.1) is 0 Å². The largest absolute Gasteiger partial charge is 0.489 e. The summed E-state index contributed by atoms with van der Waals surface area (Å²) < 4.78 is 5.90. The van der Waals surface area contributed by atoms with Crippen LogP contribution in [0, 0.1) is 6.92 Å². The summed E-state index contributed by atoms with van der Waals surface area (Å²) in [5, 5.41) is 1.07. The first-order valence-corrected chi connectivity index (χ1v) is 7.03. The average molecular weight is 278 g/mol. The first-order valence-electron chi connectivity index (χ1n) is 7.03. The van der Waals surface area contributed by atoms with E-state index in [1.54, 1.807) is 6.20 Å². The number of fused-ring (bicyclic) bond motifs is 1. The zero-order valence-electron chi connectivity index (χ0n) is 12.0. The molecule has 0 fully saturated rings. The van der Waals surface area contributed by atoms with Gasteiger partial charge in [-0.25, -0.2) is 0 Å². The van der Waals surface area contributed by atoms with E-state index in [0.29, 0.717) is 6.61 Å².